The van der Waals surface area contributed by atoms with Crippen LogP contribution in [0.5, 0.6) is 0 Å². The van der Waals surface area contributed by atoms with Crippen molar-refractivity contribution in [2.24, 2.45) is 5.73 Å². The van der Waals surface area contributed by atoms with Crippen LogP contribution in [-0.4, -0.2) is 0 Å². The van der Waals surface area contributed by atoms with Gasteiger partial charge in [-0.05, 0) is 29.3 Å². The second-order valence-electron chi connectivity index (χ2n) is 3.55. The number of nitrogens with two attached hydrogens (primary N) is 1. The molecule has 0 spiro atoms. The van der Waals surface area contributed by atoms with E-state index in [0.717, 1.165) is 15.6 Å². The minimum Gasteiger partial charge on any atom is -0.320 e. The summed E-state index contributed by atoms with van der Waals surface area (Å²) in [5.74, 6) is 0. The van der Waals surface area contributed by atoms with Crippen LogP contribution in [0.4, 0.5) is 0 Å². The second-order valence-corrected chi connectivity index (χ2v) is 4.88. The van der Waals surface area contributed by atoms with Gasteiger partial charge in [-0.2, -0.15) is 0 Å². The Labute approximate surface area is 108 Å². The maximum Gasteiger partial charge on any atom is 0.0566 e. The smallest absolute Gasteiger partial charge is 0.0566 e. The Morgan fingerprint density at radius 1 is 1.06 bits per heavy atom. The predicted molar refractivity (Wildman–Crippen MR) is 71.6 cm³/mol. The van der Waals surface area contributed by atoms with E-state index < -0.39 is 0 Å². The van der Waals surface area contributed by atoms with Gasteiger partial charge in [0.1, 0.15) is 0 Å². The average Bonchev–Trinajstić information content (AvgIpc) is 2.32. The minimum atomic E-state index is -0.189. The molecule has 16 heavy (non-hydrogen) atoms. The van der Waals surface area contributed by atoms with Crippen LogP contribution in [0.15, 0.2) is 53.0 Å². The third-order valence-electron chi connectivity index (χ3n) is 2.45. The normalized spacial score (nSPS) is 12.4. The van der Waals surface area contributed by atoms with Gasteiger partial charge in [-0.3, -0.25) is 0 Å². The molecule has 2 aromatic carbocycles. The van der Waals surface area contributed by atoms with Crippen molar-refractivity contribution in [3.8, 4) is 0 Å². The van der Waals surface area contributed by atoms with Crippen LogP contribution < -0.4 is 5.73 Å². The third-order valence-corrected chi connectivity index (χ3v) is 3.29. The van der Waals surface area contributed by atoms with Gasteiger partial charge in [-0.1, -0.05) is 57.9 Å². The highest BCUT2D eigenvalue weighted by molar-refractivity contribution is 9.10. The Morgan fingerprint density at radius 2 is 1.75 bits per heavy atom. The van der Waals surface area contributed by atoms with Gasteiger partial charge in [-0.15, -0.1) is 0 Å². The Kier molecular flexibility index (Phi) is 3.64. The zero-order valence-electron chi connectivity index (χ0n) is 8.53. The van der Waals surface area contributed by atoms with E-state index in [2.05, 4.69) is 15.9 Å². The Balaban J connectivity index is 2.41. The fraction of sp³-hybridized carbons (Fsp3) is 0.0769. The van der Waals surface area contributed by atoms with Crippen molar-refractivity contribution in [2.45, 2.75) is 6.04 Å². The Morgan fingerprint density at radius 3 is 2.44 bits per heavy atom. The molecule has 2 aromatic rings. The maximum atomic E-state index is 6.18. The lowest BCUT2D eigenvalue weighted by Gasteiger charge is -2.14. The molecule has 0 amide bonds. The van der Waals surface area contributed by atoms with Gasteiger partial charge in [0.2, 0.25) is 0 Å². The lowest BCUT2D eigenvalue weighted by atomic mass is 10.00. The predicted octanol–water partition coefficient (Wildman–Crippen LogP) is 4.15. The molecule has 0 heterocycles. The maximum absolute atomic E-state index is 6.18. The first-order valence-electron chi connectivity index (χ1n) is 4.94. The quantitative estimate of drug-likeness (QED) is 0.885. The molecule has 0 aliphatic carbocycles. The van der Waals surface area contributed by atoms with Crippen molar-refractivity contribution in [2.75, 3.05) is 0 Å². The Bertz CT molecular complexity index is 485. The molecule has 2 rings (SSSR count). The number of rotatable bonds is 2. The highest BCUT2D eigenvalue weighted by atomic mass is 79.9. The van der Waals surface area contributed by atoms with E-state index in [1.54, 1.807) is 0 Å². The summed E-state index contributed by atoms with van der Waals surface area (Å²) < 4.78 is 0.985. The molecular weight excluding hydrogens is 286 g/mol. The Hall–Kier alpha value is -0.830. The molecule has 3 heteroatoms. The first-order chi connectivity index (χ1) is 7.68. The molecule has 0 aliphatic rings. The first kappa shape index (κ1) is 11.6. The number of hydrogen-bond donors (Lipinski definition) is 1. The van der Waals surface area contributed by atoms with Crippen molar-refractivity contribution in [1.82, 2.24) is 0 Å². The standard InChI is InChI=1S/C13H11BrClN/c14-10-6-7-12(15)11(8-10)13(16)9-4-2-1-3-5-9/h1-8,13H,16H2. The van der Waals surface area contributed by atoms with Crippen molar-refractivity contribution in [3.63, 3.8) is 0 Å². The third kappa shape index (κ3) is 2.46. The molecule has 1 nitrogen and oxygen atoms in total. The van der Waals surface area contributed by atoms with Gasteiger partial charge in [0, 0.05) is 9.50 Å². The lowest BCUT2D eigenvalue weighted by molar-refractivity contribution is 0.871. The number of benzene rings is 2. The molecule has 0 radical (unpaired) electrons. The number of halogens is 2. The molecular formula is C13H11BrClN. The van der Waals surface area contributed by atoms with Crippen LogP contribution in [0.3, 0.4) is 0 Å². The van der Waals surface area contributed by atoms with Crippen LogP contribution in [-0.2, 0) is 0 Å². The van der Waals surface area contributed by atoms with E-state index in [4.69, 9.17) is 17.3 Å². The summed E-state index contributed by atoms with van der Waals surface area (Å²) in [5, 5.41) is 0.694. The monoisotopic (exact) mass is 295 g/mol. The molecule has 0 bridgehead atoms. The van der Waals surface area contributed by atoms with E-state index in [0.29, 0.717) is 5.02 Å². The van der Waals surface area contributed by atoms with Crippen LogP contribution >= 0.6 is 27.5 Å². The fourth-order valence-corrected chi connectivity index (χ4v) is 2.21. The zero-order valence-corrected chi connectivity index (χ0v) is 10.9. The SMILES string of the molecule is NC(c1ccccc1)c1cc(Br)ccc1Cl. The largest absolute Gasteiger partial charge is 0.320 e. The number of hydrogen-bond acceptors (Lipinski definition) is 1. The molecule has 82 valence electrons. The van der Waals surface area contributed by atoms with E-state index in [-0.39, 0.29) is 6.04 Å². The summed E-state index contributed by atoms with van der Waals surface area (Å²) in [6.07, 6.45) is 0. The minimum absolute atomic E-state index is 0.189. The van der Waals surface area contributed by atoms with Gasteiger partial charge >= 0.3 is 0 Å². The van der Waals surface area contributed by atoms with E-state index in [9.17, 15) is 0 Å². The first-order valence-corrected chi connectivity index (χ1v) is 6.11. The summed E-state index contributed by atoms with van der Waals surface area (Å²) in [6, 6.07) is 15.4. The van der Waals surface area contributed by atoms with Gasteiger partial charge in [0.15, 0.2) is 0 Å². The summed E-state index contributed by atoms with van der Waals surface area (Å²) in [5.41, 5.74) is 8.17. The van der Waals surface area contributed by atoms with Gasteiger partial charge in [-0.25, -0.2) is 0 Å². The van der Waals surface area contributed by atoms with Crippen LogP contribution in [0.2, 0.25) is 5.02 Å². The highest BCUT2D eigenvalue weighted by Gasteiger charge is 2.12. The highest BCUT2D eigenvalue weighted by Crippen LogP contribution is 2.28. The summed E-state index contributed by atoms with van der Waals surface area (Å²) in [4.78, 5) is 0. The van der Waals surface area contributed by atoms with E-state index in [1.807, 2.05) is 48.5 Å². The van der Waals surface area contributed by atoms with Crippen molar-refractivity contribution >= 4 is 27.5 Å². The molecule has 0 aliphatic heterocycles. The molecule has 2 N–H and O–H groups in total. The molecule has 0 aromatic heterocycles. The van der Waals surface area contributed by atoms with E-state index in [1.165, 1.54) is 0 Å². The van der Waals surface area contributed by atoms with Crippen LogP contribution in [0.25, 0.3) is 0 Å². The summed E-state index contributed by atoms with van der Waals surface area (Å²) >= 11 is 9.56. The zero-order chi connectivity index (χ0) is 11.5. The second kappa shape index (κ2) is 5.00. The van der Waals surface area contributed by atoms with Crippen LogP contribution in [0.1, 0.15) is 17.2 Å². The topological polar surface area (TPSA) is 26.0 Å². The molecule has 0 saturated heterocycles. The van der Waals surface area contributed by atoms with Crippen molar-refractivity contribution < 1.29 is 0 Å². The summed E-state index contributed by atoms with van der Waals surface area (Å²) in [6.45, 7) is 0. The average molecular weight is 297 g/mol. The molecule has 0 fully saturated rings. The van der Waals surface area contributed by atoms with E-state index >= 15 is 0 Å². The van der Waals surface area contributed by atoms with Crippen molar-refractivity contribution in [3.05, 3.63) is 69.2 Å². The summed E-state index contributed by atoms with van der Waals surface area (Å²) in [7, 11) is 0. The molecule has 1 unspecified atom stereocenters. The lowest BCUT2D eigenvalue weighted by Crippen LogP contribution is -2.12. The van der Waals surface area contributed by atoms with Crippen molar-refractivity contribution in [1.29, 1.82) is 0 Å². The molecule has 0 saturated carbocycles. The fourth-order valence-electron chi connectivity index (χ4n) is 1.59. The van der Waals surface area contributed by atoms with Crippen LogP contribution in [0, 0.1) is 0 Å². The molecule has 1 atom stereocenters. The van der Waals surface area contributed by atoms with Gasteiger partial charge in [0.05, 0.1) is 6.04 Å². The van der Waals surface area contributed by atoms with Gasteiger partial charge in [0.25, 0.3) is 0 Å². The van der Waals surface area contributed by atoms with Gasteiger partial charge < -0.3 is 5.73 Å².